The molecule has 0 radical (unpaired) electrons. The van der Waals surface area contributed by atoms with Gasteiger partial charge in [-0.1, -0.05) is 6.42 Å². The number of aromatic nitrogens is 2. The fourth-order valence-corrected chi connectivity index (χ4v) is 3.32. The van der Waals surface area contributed by atoms with E-state index in [2.05, 4.69) is 14.9 Å². The van der Waals surface area contributed by atoms with Gasteiger partial charge in [-0.2, -0.15) is 4.98 Å². The molecule has 0 aromatic carbocycles. The van der Waals surface area contributed by atoms with Crippen molar-refractivity contribution >= 4 is 17.7 Å². The Balaban J connectivity index is 1.68. The van der Waals surface area contributed by atoms with Gasteiger partial charge in [0.05, 0.1) is 0 Å². The Labute approximate surface area is 138 Å². The highest BCUT2D eigenvalue weighted by atomic mass is 16.2. The average molecular weight is 317 g/mol. The lowest BCUT2D eigenvalue weighted by molar-refractivity contribution is -0.139. The summed E-state index contributed by atoms with van der Waals surface area (Å²) in [6.45, 7) is 1.78. The van der Waals surface area contributed by atoms with Crippen molar-refractivity contribution in [3.8, 4) is 0 Å². The van der Waals surface area contributed by atoms with E-state index in [9.17, 15) is 4.79 Å². The van der Waals surface area contributed by atoms with Crippen LogP contribution in [-0.4, -0.2) is 61.0 Å². The lowest BCUT2D eigenvalue weighted by Gasteiger charge is -2.40. The van der Waals surface area contributed by atoms with Gasteiger partial charge >= 0.3 is 0 Å². The number of hydrogen-bond donors (Lipinski definition) is 0. The van der Waals surface area contributed by atoms with E-state index in [1.54, 1.807) is 0 Å². The molecule has 1 unspecified atom stereocenters. The summed E-state index contributed by atoms with van der Waals surface area (Å²) >= 11 is 0. The molecule has 1 aromatic rings. The number of likely N-dealkylation sites (N-methyl/N-ethyl adjacent to an activating group) is 1. The molecule has 1 saturated heterocycles. The molecule has 0 bridgehead atoms. The van der Waals surface area contributed by atoms with Crippen molar-refractivity contribution in [2.45, 2.75) is 38.1 Å². The molecule has 1 atom stereocenters. The van der Waals surface area contributed by atoms with Crippen LogP contribution in [0.25, 0.3) is 0 Å². The predicted molar refractivity (Wildman–Crippen MR) is 91.7 cm³/mol. The first-order valence-electron chi connectivity index (χ1n) is 8.58. The van der Waals surface area contributed by atoms with Gasteiger partial charge in [-0.25, -0.2) is 4.98 Å². The average Bonchev–Trinajstić information content (AvgIpc) is 2.52. The highest BCUT2D eigenvalue weighted by molar-refractivity contribution is 5.79. The number of amides is 1. The molecule has 6 heteroatoms. The number of hydrogen-bond acceptors (Lipinski definition) is 5. The fraction of sp³-hybridized carbons (Fsp3) is 0.706. The number of carbonyl (C=O) groups excluding carboxylic acids is 1. The Morgan fingerprint density at radius 2 is 2.00 bits per heavy atom. The molecule has 23 heavy (non-hydrogen) atoms. The van der Waals surface area contributed by atoms with E-state index in [0.29, 0.717) is 5.91 Å². The summed E-state index contributed by atoms with van der Waals surface area (Å²) in [4.78, 5) is 27.7. The highest BCUT2D eigenvalue weighted by Gasteiger charge is 2.33. The zero-order valence-electron chi connectivity index (χ0n) is 14.4. The lowest BCUT2D eigenvalue weighted by Crippen LogP contribution is -2.51. The molecule has 1 saturated carbocycles. The number of carbonyl (C=O) groups is 1. The van der Waals surface area contributed by atoms with Crippen LogP contribution in [0.15, 0.2) is 12.3 Å². The van der Waals surface area contributed by atoms with Gasteiger partial charge < -0.3 is 14.7 Å². The van der Waals surface area contributed by atoms with Gasteiger partial charge in [0.2, 0.25) is 11.9 Å². The monoisotopic (exact) mass is 317 g/mol. The Hall–Kier alpha value is -1.85. The summed E-state index contributed by atoms with van der Waals surface area (Å²) in [5.74, 6) is 2.27. The van der Waals surface area contributed by atoms with E-state index >= 15 is 0 Å². The first-order chi connectivity index (χ1) is 11.1. The maximum absolute atomic E-state index is 12.5. The van der Waals surface area contributed by atoms with Crippen molar-refractivity contribution in [1.29, 1.82) is 0 Å². The van der Waals surface area contributed by atoms with E-state index in [-0.39, 0.29) is 12.0 Å². The minimum atomic E-state index is 0.267. The van der Waals surface area contributed by atoms with Crippen molar-refractivity contribution in [3.63, 3.8) is 0 Å². The molecule has 1 aliphatic carbocycles. The number of nitrogens with zero attached hydrogens (tertiary/aromatic N) is 5. The number of piperidine rings is 1. The molecule has 1 aromatic heterocycles. The van der Waals surface area contributed by atoms with Gasteiger partial charge in [-0.15, -0.1) is 0 Å². The second-order valence-electron chi connectivity index (χ2n) is 6.93. The molecule has 126 valence electrons. The molecule has 1 amide bonds. The molecule has 0 N–H and O–H groups in total. The predicted octanol–water partition coefficient (Wildman–Crippen LogP) is 1.77. The minimum absolute atomic E-state index is 0.267. The van der Waals surface area contributed by atoms with Crippen LogP contribution in [0.4, 0.5) is 11.8 Å². The van der Waals surface area contributed by atoms with Crippen molar-refractivity contribution in [1.82, 2.24) is 14.9 Å². The van der Waals surface area contributed by atoms with Crippen molar-refractivity contribution < 1.29 is 4.79 Å². The standard InChI is InChI=1S/C17H27N5O/c1-20(2)15-9-10-18-17(19-15)22-11-5-8-14(12-22)21(3)16(23)13-6-4-7-13/h9-10,13-14H,4-8,11-12H2,1-3H3. The molecular weight excluding hydrogens is 290 g/mol. The molecule has 3 rings (SSSR count). The summed E-state index contributed by atoms with van der Waals surface area (Å²) in [7, 11) is 5.93. The lowest BCUT2D eigenvalue weighted by atomic mass is 9.84. The van der Waals surface area contributed by atoms with Gasteiger partial charge in [0, 0.05) is 52.4 Å². The third-order valence-electron chi connectivity index (χ3n) is 5.12. The van der Waals surface area contributed by atoms with Crippen LogP contribution in [0.1, 0.15) is 32.1 Å². The van der Waals surface area contributed by atoms with Crippen molar-refractivity contribution in [2.24, 2.45) is 5.92 Å². The summed E-state index contributed by atoms with van der Waals surface area (Å²) in [5, 5.41) is 0. The van der Waals surface area contributed by atoms with E-state index in [4.69, 9.17) is 0 Å². The van der Waals surface area contributed by atoms with E-state index in [1.165, 1.54) is 6.42 Å². The van der Waals surface area contributed by atoms with Crippen LogP contribution in [0.2, 0.25) is 0 Å². The van der Waals surface area contributed by atoms with Gasteiger partial charge in [0.1, 0.15) is 5.82 Å². The van der Waals surface area contributed by atoms with Crippen molar-refractivity contribution in [3.05, 3.63) is 12.3 Å². The Morgan fingerprint density at radius 3 is 2.65 bits per heavy atom. The highest BCUT2D eigenvalue weighted by Crippen LogP contribution is 2.30. The van der Waals surface area contributed by atoms with Gasteiger partial charge in [-0.05, 0) is 31.7 Å². The maximum atomic E-state index is 12.5. The molecule has 0 spiro atoms. The van der Waals surface area contributed by atoms with Crippen LogP contribution in [0, 0.1) is 5.92 Å². The van der Waals surface area contributed by atoms with Crippen LogP contribution in [0.5, 0.6) is 0 Å². The zero-order chi connectivity index (χ0) is 16.4. The largest absolute Gasteiger partial charge is 0.363 e. The second kappa shape index (κ2) is 6.72. The Morgan fingerprint density at radius 1 is 1.22 bits per heavy atom. The molecular formula is C17H27N5O. The minimum Gasteiger partial charge on any atom is -0.363 e. The third-order valence-corrected chi connectivity index (χ3v) is 5.12. The molecule has 2 fully saturated rings. The summed E-state index contributed by atoms with van der Waals surface area (Å²) < 4.78 is 0. The first-order valence-corrected chi connectivity index (χ1v) is 8.58. The first kappa shape index (κ1) is 16.0. The maximum Gasteiger partial charge on any atom is 0.227 e. The fourth-order valence-electron chi connectivity index (χ4n) is 3.32. The Kier molecular flexibility index (Phi) is 4.68. The van der Waals surface area contributed by atoms with Crippen LogP contribution >= 0.6 is 0 Å². The van der Waals surface area contributed by atoms with Crippen LogP contribution in [-0.2, 0) is 4.79 Å². The zero-order valence-corrected chi connectivity index (χ0v) is 14.4. The van der Waals surface area contributed by atoms with E-state index < -0.39 is 0 Å². The SMILES string of the molecule is CN(C)c1ccnc(N2CCCC(N(C)C(=O)C3CCC3)C2)n1. The third kappa shape index (κ3) is 3.41. The number of anilines is 2. The second-order valence-corrected chi connectivity index (χ2v) is 6.93. The van der Waals surface area contributed by atoms with Crippen LogP contribution in [0.3, 0.4) is 0 Å². The molecule has 6 nitrogen and oxygen atoms in total. The van der Waals surface area contributed by atoms with E-state index in [0.717, 1.165) is 50.5 Å². The van der Waals surface area contributed by atoms with Gasteiger partial charge in [-0.3, -0.25) is 4.79 Å². The van der Waals surface area contributed by atoms with Crippen LogP contribution < -0.4 is 9.80 Å². The van der Waals surface area contributed by atoms with Gasteiger partial charge in [0.25, 0.3) is 0 Å². The summed E-state index contributed by atoms with van der Waals surface area (Å²) in [5.41, 5.74) is 0. The molecule has 1 aliphatic heterocycles. The van der Waals surface area contributed by atoms with Crippen molar-refractivity contribution in [2.75, 3.05) is 44.0 Å². The summed E-state index contributed by atoms with van der Waals surface area (Å²) in [6, 6.07) is 2.18. The quantitative estimate of drug-likeness (QED) is 0.847. The molecule has 2 heterocycles. The smallest absolute Gasteiger partial charge is 0.227 e. The molecule has 2 aliphatic rings. The number of rotatable bonds is 4. The van der Waals surface area contributed by atoms with E-state index in [1.807, 2.05) is 43.2 Å². The van der Waals surface area contributed by atoms with Gasteiger partial charge in [0.15, 0.2) is 0 Å². The normalized spacial score (nSPS) is 21.7. The summed E-state index contributed by atoms with van der Waals surface area (Å²) in [6.07, 6.45) is 7.28. The topological polar surface area (TPSA) is 52.6 Å². The Bertz CT molecular complexity index is 558.